The highest BCUT2D eigenvalue weighted by Gasteiger charge is 2.37. The zero-order valence-electron chi connectivity index (χ0n) is 18.0. The first-order valence-electron chi connectivity index (χ1n) is 9.74. The number of nitrogens with zero attached hydrogens (tertiary/aromatic N) is 1. The minimum Gasteiger partial charge on any atom is -0.493 e. The summed E-state index contributed by atoms with van der Waals surface area (Å²) in [7, 11) is 3.27. The van der Waals surface area contributed by atoms with E-state index in [1.807, 2.05) is 12.1 Å². The number of benzene rings is 2. The third-order valence-corrected chi connectivity index (χ3v) is 6.20. The number of rotatable bonds is 4. The monoisotopic (exact) mass is 381 g/mol. The minimum atomic E-state index is 0.120. The minimum absolute atomic E-state index is 0.120. The Bertz CT molecular complexity index is 926. The van der Waals surface area contributed by atoms with Crippen molar-refractivity contribution in [3.05, 3.63) is 46.5 Å². The number of hydrogen-bond acceptors (Lipinski definition) is 4. The maximum absolute atomic E-state index is 9.01. The summed E-state index contributed by atoms with van der Waals surface area (Å²) in [6.45, 7) is 11.5. The molecule has 2 aromatic rings. The number of oxime groups is 1. The van der Waals surface area contributed by atoms with Gasteiger partial charge in [-0.3, -0.25) is 0 Å². The van der Waals surface area contributed by atoms with Crippen LogP contribution >= 0.6 is 0 Å². The molecule has 0 radical (unpaired) electrons. The summed E-state index contributed by atoms with van der Waals surface area (Å²) in [5.41, 5.74) is 7.13. The van der Waals surface area contributed by atoms with Gasteiger partial charge in [-0.1, -0.05) is 38.9 Å². The van der Waals surface area contributed by atoms with Crippen LogP contribution in [-0.4, -0.2) is 25.6 Å². The SMILES string of the molecule is COc1cc(/C=N/O)cc(-c2cc3c(cc2C)C(C)(C)CCC3(C)C)c1OC. The van der Waals surface area contributed by atoms with Crippen LogP contribution in [0.2, 0.25) is 0 Å². The molecule has 2 aromatic carbocycles. The molecule has 0 amide bonds. The normalized spacial score (nSPS) is 17.4. The van der Waals surface area contributed by atoms with E-state index in [9.17, 15) is 0 Å². The maximum Gasteiger partial charge on any atom is 0.168 e. The average Bonchev–Trinajstić information content (AvgIpc) is 2.65. The molecule has 0 heterocycles. The zero-order chi connectivity index (χ0) is 20.7. The summed E-state index contributed by atoms with van der Waals surface area (Å²) >= 11 is 0. The van der Waals surface area contributed by atoms with Crippen molar-refractivity contribution in [3.8, 4) is 22.6 Å². The number of fused-ring (bicyclic) bond motifs is 1. The fourth-order valence-electron chi connectivity index (χ4n) is 4.34. The van der Waals surface area contributed by atoms with Crippen molar-refractivity contribution in [1.82, 2.24) is 0 Å². The molecule has 0 aromatic heterocycles. The zero-order valence-corrected chi connectivity index (χ0v) is 18.0. The Balaban J connectivity index is 2.32. The van der Waals surface area contributed by atoms with Crippen molar-refractivity contribution in [2.24, 2.45) is 5.16 Å². The molecule has 28 heavy (non-hydrogen) atoms. The summed E-state index contributed by atoms with van der Waals surface area (Å²) in [5.74, 6) is 1.31. The fourth-order valence-corrected chi connectivity index (χ4v) is 4.34. The van der Waals surface area contributed by atoms with E-state index >= 15 is 0 Å². The van der Waals surface area contributed by atoms with Gasteiger partial charge in [0, 0.05) is 11.1 Å². The Morgan fingerprint density at radius 3 is 2.04 bits per heavy atom. The molecule has 1 aliphatic carbocycles. The lowest BCUT2D eigenvalue weighted by Gasteiger charge is -2.42. The molecule has 0 atom stereocenters. The Labute approximate surface area is 168 Å². The molecule has 0 unspecified atom stereocenters. The Morgan fingerprint density at radius 1 is 0.893 bits per heavy atom. The van der Waals surface area contributed by atoms with Gasteiger partial charge in [-0.25, -0.2) is 0 Å². The molecule has 0 bridgehead atoms. The van der Waals surface area contributed by atoms with Gasteiger partial charge in [0.15, 0.2) is 11.5 Å². The van der Waals surface area contributed by atoms with Crippen molar-refractivity contribution in [2.45, 2.75) is 58.3 Å². The lowest BCUT2D eigenvalue weighted by molar-refractivity contribution is 0.321. The van der Waals surface area contributed by atoms with Crippen molar-refractivity contribution in [3.63, 3.8) is 0 Å². The van der Waals surface area contributed by atoms with E-state index in [0.29, 0.717) is 11.5 Å². The van der Waals surface area contributed by atoms with Crippen LogP contribution in [0.3, 0.4) is 0 Å². The smallest absolute Gasteiger partial charge is 0.168 e. The molecule has 4 nitrogen and oxygen atoms in total. The van der Waals surface area contributed by atoms with Gasteiger partial charge in [-0.2, -0.15) is 0 Å². The van der Waals surface area contributed by atoms with Crippen LogP contribution in [0.25, 0.3) is 11.1 Å². The molecule has 0 fully saturated rings. The largest absolute Gasteiger partial charge is 0.493 e. The lowest BCUT2D eigenvalue weighted by atomic mass is 9.62. The first-order valence-corrected chi connectivity index (χ1v) is 9.74. The first-order chi connectivity index (χ1) is 13.1. The van der Waals surface area contributed by atoms with Gasteiger partial charge in [-0.15, -0.1) is 0 Å². The van der Waals surface area contributed by atoms with Crippen LogP contribution in [-0.2, 0) is 10.8 Å². The predicted molar refractivity (Wildman–Crippen MR) is 114 cm³/mol. The highest BCUT2D eigenvalue weighted by Crippen LogP contribution is 2.49. The molecule has 1 N–H and O–H groups in total. The number of aryl methyl sites for hydroxylation is 1. The van der Waals surface area contributed by atoms with E-state index in [4.69, 9.17) is 14.7 Å². The average molecular weight is 382 g/mol. The fraction of sp³-hybridized carbons (Fsp3) is 0.458. The highest BCUT2D eigenvalue weighted by molar-refractivity contribution is 5.87. The van der Waals surface area contributed by atoms with Crippen molar-refractivity contribution >= 4 is 6.21 Å². The molecule has 1 aliphatic rings. The molecule has 150 valence electrons. The summed E-state index contributed by atoms with van der Waals surface area (Å²) < 4.78 is 11.3. The van der Waals surface area contributed by atoms with Crippen molar-refractivity contribution in [1.29, 1.82) is 0 Å². The van der Waals surface area contributed by atoms with Gasteiger partial charge in [0.05, 0.1) is 20.4 Å². The summed E-state index contributed by atoms with van der Waals surface area (Å²) in [5, 5.41) is 12.2. The van der Waals surface area contributed by atoms with Crippen molar-refractivity contribution in [2.75, 3.05) is 14.2 Å². The van der Waals surface area contributed by atoms with Crippen LogP contribution in [0.15, 0.2) is 29.4 Å². The summed E-state index contributed by atoms with van der Waals surface area (Å²) in [6, 6.07) is 8.45. The Kier molecular flexibility index (Phi) is 5.18. The lowest BCUT2D eigenvalue weighted by Crippen LogP contribution is -2.34. The van der Waals surface area contributed by atoms with E-state index in [0.717, 1.165) is 23.1 Å². The highest BCUT2D eigenvalue weighted by atomic mass is 16.5. The number of ether oxygens (including phenoxy) is 2. The number of methoxy groups -OCH3 is 2. The van der Waals surface area contributed by atoms with E-state index < -0.39 is 0 Å². The van der Waals surface area contributed by atoms with Gasteiger partial charge in [0.2, 0.25) is 0 Å². The third kappa shape index (κ3) is 3.36. The van der Waals surface area contributed by atoms with Crippen LogP contribution < -0.4 is 9.47 Å². The number of hydrogen-bond donors (Lipinski definition) is 1. The van der Waals surface area contributed by atoms with Crippen LogP contribution in [0.1, 0.15) is 62.8 Å². The van der Waals surface area contributed by atoms with Gasteiger partial charge < -0.3 is 14.7 Å². The van der Waals surface area contributed by atoms with Gasteiger partial charge in [0.25, 0.3) is 0 Å². The van der Waals surface area contributed by atoms with Crippen LogP contribution in [0.4, 0.5) is 0 Å². The maximum atomic E-state index is 9.01. The predicted octanol–water partition coefficient (Wildman–Crippen LogP) is 5.84. The van der Waals surface area contributed by atoms with E-state index in [-0.39, 0.29) is 10.8 Å². The summed E-state index contributed by atoms with van der Waals surface area (Å²) in [6.07, 6.45) is 3.75. The van der Waals surface area contributed by atoms with Crippen molar-refractivity contribution < 1.29 is 14.7 Å². The second kappa shape index (κ2) is 7.16. The van der Waals surface area contributed by atoms with Gasteiger partial charge >= 0.3 is 0 Å². The second-order valence-electron chi connectivity index (χ2n) is 9.03. The van der Waals surface area contributed by atoms with Crippen LogP contribution in [0.5, 0.6) is 11.5 Å². The first kappa shape index (κ1) is 20.2. The molecular formula is C24H31NO3. The molecule has 0 aliphatic heterocycles. The summed E-state index contributed by atoms with van der Waals surface area (Å²) in [4.78, 5) is 0. The Morgan fingerprint density at radius 2 is 1.50 bits per heavy atom. The third-order valence-electron chi connectivity index (χ3n) is 6.20. The standard InChI is InChI=1S/C24H31NO3/c1-15-10-19-20(24(4,5)9-8-23(19,2)3)13-17(15)18-11-16(14-25-26)12-21(27-6)22(18)28-7/h10-14,26H,8-9H2,1-7H3/b25-14+. The molecule has 0 spiro atoms. The van der Waals surface area contributed by atoms with Gasteiger partial charge in [-0.05, 0) is 71.0 Å². The molecule has 0 saturated heterocycles. The Hall–Kier alpha value is -2.49. The van der Waals surface area contributed by atoms with E-state index in [1.165, 1.54) is 29.3 Å². The second-order valence-corrected chi connectivity index (χ2v) is 9.03. The van der Waals surface area contributed by atoms with Crippen LogP contribution in [0, 0.1) is 6.92 Å². The van der Waals surface area contributed by atoms with Gasteiger partial charge in [0.1, 0.15) is 0 Å². The topological polar surface area (TPSA) is 51.0 Å². The molecule has 3 rings (SSSR count). The molecule has 0 saturated carbocycles. The van der Waals surface area contributed by atoms with E-state index in [1.54, 1.807) is 14.2 Å². The molecule has 4 heteroatoms. The molecular weight excluding hydrogens is 350 g/mol. The quantitative estimate of drug-likeness (QED) is 0.411. The van der Waals surface area contributed by atoms with E-state index in [2.05, 4.69) is 51.9 Å².